The molecule has 2 aliphatic rings. The second-order valence-corrected chi connectivity index (χ2v) is 7.29. The Hall–Kier alpha value is -0.610. The predicted molar refractivity (Wildman–Crippen MR) is 88.6 cm³/mol. The van der Waals surface area contributed by atoms with E-state index in [4.69, 9.17) is 23.2 Å². The molecule has 0 saturated carbocycles. The third-order valence-corrected chi connectivity index (χ3v) is 6.11. The Morgan fingerprint density at radius 1 is 1.32 bits per heavy atom. The van der Waals surface area contributed by atoms with E-state index >= 15 is 0 Å². The summed E-state index contributed by atoms with van der Waals surface area (Å²) in [6.45, 7) is 1.89. The van der Waals surface area contributed by atoms with Crippen molar-refractivity contribution in [2.75, 3.05) is 7.05 Å². The summed E-state index contributed by atoms with van der Waals surface area (Å²) < 4.78 is 0. The van der Waals surface area contributed by atoms with Crippen LogP contribution in [0.15, 0.2) is 18.2 Å². The van der Waals surface area contributed by atoms with Gasteiger partial charge in [-0.25, -0.2) is 0 Å². The fourth-order valence-electron chi connectivity index (χ4n) is 4.27. The molecule has 2 saturated heterocycles. The van der Waals surface area contributed by atoms with Crippen LogP contribution in [0.2, 0.25) is 10.0 Å². The van der Waals surface area contributed by atoms with Crippen LogP contribution in [0.25, 0.3) is 0 Å². The maximum absolute atomic E-state index is 12.6. The quantitative estimate of drug-likeness (QED) is 0.914. The first-order chi connectivity index (χ1) is 10.4. The summed E-state index contributed by atoms with van der Waals surface area (Å²) >= 11 is 12.2. The Bertz CT molecular complexity index is 592. The van der Waals surface area contributed by atoms with E-state index in [0.717, 1.165) is 18.4 Å². The van der Waals surface area contributed by atoms with Crippen molar-refractivity contribution in [3.05, 3.63) is 33.8 Å². The molecule has 1 aromatic carbocycles. The van der Waals surface area contributed by atoms with Crippen molar-refractivity contribution in [1.29, 1.82) is 0 Å². The van der Waals surface area contributed by atoms with Gasteiger partial charge in [0.05, 0.1) is 16.1 Å². The smallest absolute Gasteiger partial charge is 0.137 e. The molecule has 5 atom stereocenters. The molecule has 3 rings (SSSR count). The van der Waals surface area contributed by atoms with Crippen LogP contribution in [-0.4, -0.2) is 41.0 Å². The average Bonchev–Trinajstić information content (AvgIpc) is 2.68. The van der Waals surface area contributed by atoms with Gasteiger partial charge in [-0.15, -0.1) is 0 Å². The summed E-state index contributed by atoms with van der Waals surface area (Å²) in [7, 11) is 2.02. The van der Waals surface area contributed by atoms with E-state index in [1.165, 1.54) is 0 Å². The first-order valence-corrected chi connectivity index (χ1v) is 8.57. The van der Waals surface area contributed by atoms with Crippen molar-refractivity contribution < 1.29 is 9.90 Å². The number of piperidine rings is 1. The molecule has 2 heterocycles. The van der Waals surface area contributed by atoms with Gasteiger partial charge in [0, 0.05) is 24.4 Å². The Kier molecular flexibility index (Phi) is 4.52. The van der Waals surface area contributed by atoms with Crippen molar-refractivity contribution >= 4 is 29.0 Å². The number of ketones is 1. The minimum absolute atomic E-state index is 0.0920. The van der Waals surface area contributed by atoms with Gasteiger partial charge in [0.1, 0.15) is 5.78 Å². The number of aliphatic hydroxyl groups excluding tert-OH is 1. The molecule has 3 nitrogen and oxygen atoms in total. The lowest BCUT2D eigenvalue weighted by atomic mass is 9.73. The summed E-state index contributed by atoms with van der Waals surface area (Å²) in [5, 5.41) is 11.5. The summed E-state index contributed by atoms with van der Waals surface area (Å²) in [5.74, 6) is 0.138. The summed E-state index contributed by atoms with van der Waals surface area (Å²) in [4.78, 5) is 14.8. The van der Waals surface area contributed by atoms with Crippen LogP contribution in [0.1, 0.15) is 37.7 Å². The number of rotatable bonds is 3. The lowest BCUT2D eigenvalue weighted by Crippen LogP contribution is -2.51. The van der Waals surface area contributed by atoms with Crippen molar-refractivity contribution in [2.45, 2.75) is 50.3 Å². The number of hydrogen-bond acceptors (Lipinski definition) is 3. The minimum Gasteiger partial charge on any atom is -0.391 e. The van der Waals surface area contributed by atoms with Crippen LogP contribution in [-0.2, 0) is 4.79 Å². The number of hydrogen-bond donors (Lipinski definition) is 1. The average molecular weight is 342 g/mol. The van der Waals surface area contributed by atoms with Crippen molar-refractivity contribution in [1.82, 2.24) is 4.90 Å². The van der Waals surface area contributed by atoms with Crippen LogP contribution in [0.3, 0.4) is 0 Å². The van der Waals surface area contributed by atoms with Crippen molar-refractivity contribution in [3.8, 4) is 0 Å². The van der Waals surface area contributed by atoms with Gasteiger partial charge >= 0.3 is 0 Å². The zero-order valence-electron chi connectivity index (χ0n) is 12.8. The number of Topliss-reactive ketones (excluding diaryl/α,β-unsaturated/α-hetero) is 1. The normalized spacial score (nSPS) is 34.9. The molecule has 0 spiro atoms. The summed E-state index contributed by atoms with van der Waals surface area (Å²) in [6, 6.07) is 5.86. The van der Waals surface area contributed by atoms with Crippen LogP contribution in [0.4, 0.5) is 0 Å². The third-order valence-electron chi connectivity index (χ3n) is 5.37. The molecule has 0 radical (unpaired) electrons. The van der Waals surface area contributed by atoms with Crippen molar-refractivity contribution in [3.63, 3.8) is 0 Å². The summed E-state index contributed by atoms with van der Waals surface area (Å²) in [5.41, 5.74) is 1.05. The lowest BCUT2D eigenvalue weighted by Gasteiger charge is -2.43. The predicted octanol–water partition coefficient (Wildman–Crippen LogP) is 3.51. The zero-order valence-corrected chi connectivity index (χ0v) is 14.3. The number of carbonyl (C=O) groups is 1. The van der Waals surface area contributed by atoms with Gasteiger partial charge in [0.2, 0.25) is 0 Å². The number of fused-ring (bicyclic) bond motifs is 2. The van der Waals surface area contributed by atoms with E-state index in [-0.39, 0.29) is 23.7 Å². The monoisotopic (exact) mass is 341 g/mol. The van der Waals surface area contributed by atoms with E-state index in [1.807, 2.05) is 26.1 Å². The fourth-order valence-corrected chi connectivity index (χ4v) is 4.58. The minimum atomic E-state index is -0.428. The highest BCUT2D eigenvalue weighted by Gasteiger charge is 2.52. The standard InChI is InChI=1S/C17H21Cl2NO2/c1-3-14(21)16-11(9-4-5-12(18)13(19)6-9)7-10-8-15(22)17(16)20(10)2/h4-6,10-11,15-17,22H,3,7-8H2,1-2H3/t10-,11+,15+,16+,17+/m0/s1. The molecular weight excluding hydrogens is 321 g/mol. The summed E-state index contributed by atoms with van der Waals surface area (Å²) in [6.07, 6.45) is 1.68. The van der Waals surface area contributed by atoms with Gasteiger partial charge in [-0.2, -0.15) is 0 Å². The van der Waals surface area contributed by atoms with E-state index < -0.39 is 6.10 Å². The molecule has 0 aromatic heterocycles. The highest BCUT2D eigenvalue weighted by atomic mass is 35.5. The van der Waals surface area contributed by atoms with E-state index in [2.05, 4.69) is 4.90 Å². The fraction of sp³-hybridized carbons (Fsp3) is 0.588. The van der Waals surface area contributed by atoms with E-state index in [1.54, 1.807) is 6.07 Å². The molecule has 0 unspecified atom stereocenters. The molecule has 2 aliphatic heterocycles. The van der Waals surface area contributed by atoms with Gasteiger partial charge in [0.15, 0.2) is 0 Å². The molecular formula is C17H21Cl2NO2. The largest absolute Gasteiger partial charge is 0.391 e. The van der Waals surface area contributed by atoms with Gasteiger partial charge in [-0.3, -0.25) is 9.69 Å². The molecule has 0 aliphatic carbocycles. The number of nitrogens with zero attached hydrogens (tertiary/aromatic N) is 1. The number of likely N-dealkylation sites (N-methyl/N-ethyl adjacent to an activating group) is 1. The molecule has 2 fully saturated rings. The molecule has 22 heavy (non-hydrogen) atoms. The molecule has 0 amide bonds. The van der Waals surface area contributed by atoms with Gasteiger partial charge in [0.25, 0.3) is 0 Å². The number of aliphatic hydroxyl groups is 1. The molecule has 1 aromatic rings. The number of carbonyl (C=O) groups excluding carboxylic acids is 1. The van der Waals surface area contributed by atoms with Crippen LogP contribution < -0.4 is 0 Å². The second-order valence-electron chi connectivity index (χ2n) is 6.47. The third kappa shape index (κ3) is 2.58. The van der Waals surface area contributed by atoms with Crippen molar-refractivity contribution in [2.24, 2.45) is 5.92 Å². The van der Waals surface area contributed by atoms with E-state index in [9.17, 15) is 9.90 Å². The second kappa shape index (κ2) is 6.12. The highest BCUT2D eigenvalue weighted by molar-refractivity contribution is 6.42. The highest BCUT2D eigenvalue weighted by Crippen LogP contribution is 2.47. The SMILES string of the molecule is CCC(=O)[C@@H]1[C@H]2[C@H](O)C[C@H](C[C@@H]1c1ccc(Cl)c(Cl)c1)N2C. The van der Waals surface area contributed by atoms with Crippen LogP contribution >= 0.6 is 23.2 Å². The van der Waals surface area contributed by atoms with E-state index in [0.29, 0.717) is 22.5 Å². The van der Waals surface area contributed by atoms with Gasteiger partial charge in [-0.05, 0) is 43.5 Å². The Balaban J connectivity index is 2.01. The first-order valence-electron chi connectivity index (χ1n) is 7.81. The Morgan fingerprint density at radius 2 is 2.05 bits per heavy atom. The Morgan fingerprint density at radius 3 is 2.68 bits per heavy atom. The molecule has 2 bridgehead atoms. The van der Waals surface area contributed by atoms with Crippen LogP contribution in [0, 0.1) is 5.92 Å². The number of benzene rings is 1. The van der Waals surface area contributed by atoms with Crippen LogP contribution in [0.5, 0.6) is 0 Å². The molecule has 120 valence electrons. The topological polar surface area (TPSA) is 40.5 Å². The number of halogens is 2. The zero-order chi connectivity index (χ0) is 16.0. The first kappa shape index (κ1) is 16.3. The Labute approximate surface area is 141 Å². The lowest BCUT2D eigenvalue weighted by molar-refractivity contribution is -0.128. The molecule has 5 heteroatoms. The van der Waals surface area contributed by atoms with Gasteiger partial charge in [-0.1, -0.05) is 36.2 Å². The maximum atomic E-state index is 12.6. The van der Waals surface area contributed by atoms with Gasteiger partial charge < -0.3 is 5.11 Å². The maximum Gasteiger partial charge on any atom is 0.137 e. The molecule has 1 N–H and O–H groups in total.